The molecule has 0 aliphatic rings. The van der Waals surface area contributed by atoms with Gasteiger partial charge in [-0.1, -0.05) is 25.1 Å². The van der Waals surface area contributed by atoms with Crippen molar-refractivity contribution in [2.45, 2.75) is 20.3 Å². The number of anilines is 2. The molecule has 0 saturated heterocycles. The fourth-order valence-corrected chi connectivity index (χ4v) is 1.70. The van der Waals surface area contributed by atoms with Gasteiger partial charge in [-0.2, -0.15) is 0 Å². The van der Waals surface area contributed by atoms with Crippen LogP contribution in [0.3, 0.4) is 0 Å². The number of nitrogens with one attached hydrogen (secondary N) is 1. The van der Waals surface area contributed by atoms with E-state index in [2.05, 4.69) is 16.6 Å². The van der Waals surface area contributed by atoms with Crippen molar-refractivity contribution < 1.29 is 14.3 Å². The Balaban J connectivity index is 3.01. The van der Waals surface area contributed by atoms with Crippen molar-refractivity contribution in [3.8, 4) is 0 Å². The molecule has 0 fully saturated rings. The van der Waals surface area contributed by atoms with Gasteiger partial charge in [0.1, 0.15) is 0 Å². The number of ether oxygens (including phenoxy) is 1. The maximum atomic E-state index is 12.0. The number of amides is 2. The molecule has 0 unspecified atom stereocenters. The molecule has 0 aliphatic carbocycles. The van der Waals surface area contributed by atoms with Crippen LogP contribution in [-0.2, 0) is 9.53 Å². The fraction of sp³-hybridized carbons (Fsp3) is 0.333. The lowest BCUT2D eigenvalue weighted by Gasteiger charge is -2.23. The Morgan fingerprint density at radius 2 is 2.10 bits per heavy atom. The van der Waals surface area contributed by atoms with E-state index in [4.69, 9.17) is 0 Å². The maximum absolute atomic E-state index is 12.0. The number of methoxy groups -OCH3 is 1. The average molecular weight is 276 g/mol. The van der Waals surface area contributed by atoms with Gasteiger partial charge in [0.15, 0.2) is 0 Å². The van der Waals surface area contributed by atoms with Gasteiger partial charge in [-0.15, -0.1) is 0 Å². The van der Waals surface area contributed by atoms with Crippen molar-refractivity contribution in [1.29, 1.82) is 0 Å². The second-order valence-corrected chi connectivity index (χ2v) is 4.46. The first-order valence-electron chi connectivity index (χ1n) is 6.37. The third-order valence-corrected chi connectivity index (χ3v) is 2.62. The van der Waals surface area contributed by atoms with Crippen molar-refractivity contribution in [3.05, 3.63) is 36.4 Å². The molecular formula is C15H20N2O3. The standard InChI is InChI=1S/C15H20N2O3/c1-5-14(18)17(10-11(2)3)13-8-6-7-12(9-13)16-15(19)20-4/h6-9H,2,5,10H2,1,3-4H3,(H,16,19). The summed E-state index contributed by atoms with van der Waals surface area (Å²) in [6.07, 6.45) is -0.141. The van der Waals surface area contributed by atoms with Gasteiger partial charge in [0.2, 0.25) is 5.91 Å². The SMILES string of the molecule is C=C(C)CN(C(=O)CC)c1cccc(NC(=O)OC)c1. The van der Waals surface area contributed by atoms with Gasteiger partial charge in [0.25, 0.3) is 0 Å². The number of rotatable bonds is 5. The van der Waals surface area contributed by atoms with Gasteiger partial charge >= 0.3 is 6.09 Å². The molecule has 1 aromatic rings. The van der Waals surface area contributed by atoms with Crippen molar-refractivity contribution in [2.75, 3.05) is 23.9 Å². The van der Waals surface area contributed by atoms with Crippen LogP contribution in [0, 0.1) is 0 Å². The van der Waals surface area contributed by atoms with Crippen LogP contribution in [0.4, 0.5) is 16.2 Å². The van der Waals surface area contributed by atoms with Gasteiger partial charge in [0, 0.05) is 24.3 Å². The molecule has 0 atom stereocenters. The minimum Gasteiger partial charge on any atom is -0.453 e. The zero-order valence-corrected chi connectivity index (χ0v) is 12.1. The first kappa shape index (κ1) is 15.8. The molecule has 0 bridgehead atoms. The second-order valence-electron chi connectivity index (χ2n) is 4.46. The van der Waals surface area contributed by atoms with E-state index in [0.717, 1.165) is 5.57 Å². The van der Waals surface area contributed by atoms with Crippen LogP contribution in [0.15, 0.2) is 36.4 Å². The Bertz CT molecular complexity index is 512. The summed E-state index contributed by atoms with van der Waals surface area (Å²) in [5.41, 5.74) is 2.18. The minimum atomic E-state index is -0.546. The van der Waals surface area contributed by atoms with E-state index in [1.54, 1.807) is 23.1 Å². The highest BCUT2D eigenvalue weighted by Crippen LogP contribution is 2.21. The predicted molar refractivity (Wildman–Crippen MR) is 79.9 cm³/mol. The molecule has 0 heterocycles. The monoisotopic (exact) mass is 276 g/mol. The molecule has 0 aromatic heterocycles. The molecule has 108 valence electrons. The Hall–Kier alpha value is -2.30. The van der Waals surface area contributed by atoms with E-state index >= 15 is 0 Å². The van der Waals surface area contributed by atoms with Crippen molar-refractivity contribution >= 4 is 23.4 Å². The molecule has 1 aromatic carbocycles. The number of hydrogen-bond acceptors (Lipinski definition) is 3. The highest BCUT2D eigenvalue weighted by atomic mass is 16.5. The summed E-state index contributed by atoms with van der Waals surface area (Å²) in [7, 11) is 1.30. The van der Waals surface area contributed by atoms with Gasteiger partial charge in [-0.25, -0.2) is 4.79 Å². The van der Waals surface area contributed by atoms with Crippen LogP contribution in [0.2, 0.25) is 0 Å². The van der Waals surface area contributed by atoms with Gasteiger partial charge in [-0.05, 0) is 25.1 Å². The molecule has 20 heavy (non-hydrogen) atoms. The highest BCUT2D eigenvalue weighted by molar-refractivity contribution is 5.94. The molecule has 5 nitrogen and oxygen atoms in total. The molecule has 1 rings (SSSR count). The summed E-state index contributed by atoms with van der Waals surface area (Å²) in [6.45, 7) is 7.97. The molecular weight excluding hydrogens is 256 g/mol. The lowest BCUT2D eigenvalue weighted by atomic mass is 10.2. The van der Waals surface area contributed by atoms with Crippen molar-refractivity contribution in [3.63, 3.8) is 0 Å². The van der Waals surface area contributed by atoms with E-state index in [9.17, 15) is 9.59 Å². The third-order valence-electron chi connectivity index (χ3n) is 2.62. The van der Waals surface area contributed by atoms with Crippen LogP contribution in [0.25, 0.3) is 0 Å². The van der Waals surface area contributed by atoms with Crippen molar-refractivity contribution in [1.82, 2.24) is 0 Å². The molecule has 5 heteroatoms. The summed E-state index contributed by atoms with van der Waals surface area (Å²) < 4.78 is 4.54. The molecule has 2 amide bonds. The number of nitrogens with zero attached hydrogens (tertiary/aromatic N) is 1. The third kappa shape index (κ3) is 4.42. The van der Waals surface area contributed by atoms with E-state index in [1.807, 2.05) is 19.9 Å². The van der Waals surface area contributed by atoms with Crippen LogP contribution >= 0.6 is 0 Å². The fourth-order valence-electron chi connectivity index (χ4n) is 1.70. The minimum absolute atomic E-state index is 0.00298. The highest BCUT2D eigenvalue weighted by Gasteiger charge is 2.14. The largest absolute Gasteiger partial charge is 0.453 e. The molecule has 0 radical (unpaired) electrons. The maximum Gasteiger partial charge on any atom is 0.411 e. The number of carbonyl (C=O) groups is 2. The lowest BCUT2D eigenvalue weighted by Crippen LogP contribution is -2.31. The Kier molecular flexibility index (Phi) is 5.77. The van der Waals surface area contributed by atoms with Crippen LogP contribution < -0.4 is 10.2 Å². The molecule has 0 saturated carbocycles. The molecule has 1 N–H and O–H groups in total. The van der Waals surface area contributed by atoms with E-state index in [-0.39, 0.29) is 5.91 Å². The quantitative estimate of drug-likeness (QED) is 0.840. The van der Waals surface area contributed by atoms with Crippen LogP contribution in [0.5, 0.6) is 0 Å². The molecule has 0 spiro atoms. The number of benzene rings is 1. The van der Waals surface area contributed by atoms with Crippen LogP contribution in [0.1, 0.15) is 20.3 Å². The topological polar surface area (TPSA) is 58.6 Å². The Morgan fingerprint density at radius 1 is 1.40 bits per heavy atom. The van der Waals surface area contributed by atoms with Crippen molar-refractivity contribution in [2.24, 2.45) is 0 Å². The zero-order chi connectivity index (χ0) is 15.1. The summed E-state index contributed by atoms with van der Waals surface area (Å²) in [5, 5.41) is 2.58. The van der Waals surface area contributed by atoms with Gasteiger partial charge < -0.3 is 9.64 Å². The number of carbonyl (C=O) groups excluding carboxylic acids is 2. The number of hydrogen-bond donors (Lipinski definition) is 1. The smallest absolute Gasteiger partial charge is 0.411 e. The first-order chi connectivity index (χ1) is 9.47. The second kappa shape index (κ2) is 7.33. The normalized spacial score (nSPS) is 9.75. The lowest BCUT2D eigenvalue weighted by molar-refractivity contribution is -0.118. The van der Waals surface area contributed by atoms with Crippen LogP contribution in [-0.4, -0.2) is 25.7 Å². The summed E-state index contributed by atoms with van der Waals surface area (Å²) in [4.78, 5) is 24.9. The Labute approximate surface area is 119 Å². The Morgan fingerprint density at radius 3 is 2.65 bits per heavy atom. The average Bonchev–Trinajstić information content (AvgIpc) is 2.43. The predicted octanol–water partition coefficient (Wildman–Crippen LogP) is 3.18. The van der Waals surface area contributed by atoms with E-state index in [0.29, 0.717) is 24.3 Å². The summed E-state index contributed by atoms with van der Waals surface area (Å²) in [5.74, 6) is 0.00298. The zero-order valence-electron chi connectivity index (χ0n) is 12.1. The first-order valence-corrected chi connectivity index (χ1v) is 6.37. The van der Waals surface area contributed by atoms with E-state index in [1.165, 1.54) is 7.11 Å². The van der Waals surface area contributed by atoms with Gasteiger partial charge in [-0.3, -0.25) is 10.1 Å². The summed E-state index contributed by atoms with van der Waals surface area (Å²) >= 11 is 0. The van der Waals surface area contributed by atoms with Gasteiger partial charge in [0.05, 0.1) is 7.11 Å². The van der Waals surface area contributed by atoms with E-state index < -0.39 is 6.09 Å². The molecule has 0 aliphatic heterocycles. The summed E-state index contributed by atoms with van der Waals surface area (Å²) in [6, 6.07) is 7.05.